The maximum absolute atomic E-state index is 6.56. The summed E-state index contributed by atoms with van der Waals surface area (Å²) in [4.78, 5) is 2.27. The Bertz CT molecular complexity index is 224. The van der Waals surface area contributed by atoms with Crippen LogP contribution in [0, 0.1) is 0 Å². The first-order valence-corrected chi connectivity index (χ1v) is 6.67. The van der Waals surface area contributed by atoms with Crippen molar-refractivity contribution in [3.63, 3.8) is 0 Å². The average Bonchev–Trinajstić information content (AvgIpc) is 1.99. The van der Waals surface area contributed by atoms with Gasteiger partial charge in [-0.15, -0.1) is 0 Å². The van der Waals surface area contributed by atoms with Crippen LogP contribution in [0.4, 0.5) is 0 Å². The van der Waals surface area contributed by atoms with Crippen LogP contribution in [0.1, 0.15) is 55.4 Å². The van der Waals surface area contributed by atoms with Crippen LogP contribution in [0.5, 0.6) is 0 Å². The van der Waals surface area contributed by atoms with Gasteiger partial charge < -0.3 is 0 Å². The summed E-state index contributed by atoms with van der Waals surface area (Å²) in [6.07, 6.45) is 0. The molecule has 0 atom stereocenters. The topological polar surface area (TPSA) is 6.25 Å². The predicted octanol–water partition coefficient (Wildman–Crippen LogP) is 3.53. The molecule has 0 aromatic rings. The Kier molecular flexibility index (Phi) is 6.39. The summed E-state index contributed by atoms with van der Waals surface area (Å²) in [5.74, 6) is 0. The third-order valence-electron chi connectivity index (χ3n) is 2.65. The number of amidine groups is 1. The lowest BCUT2D eigenvalue weighted by molar-refractivity contribution is -0.589. The monoisotopic (exact) mass is 247 g/mol. The van der Waals surface area contributed by atoms with Crippen LogP contribution >= 0.6 is 11.6 Å². The summed E-state index contributed by atoms with van der Waals surface area (Å²) in [5.41, 5.74) is 0. The SMILES string of the molecule is CC(C)N(C(Cl)=[N+](C(C)C)C(C)C)C(C)C. The molecule has 0 spiro atoms. The van der Waals surface area contributed by atoms with E-state index in [-0.39, 0.29) is 0 Å². The van der Waals surface area contributed by atoms with Crippen LogP contribution in [0.3, 0.4) is 0 Å². The molecule has 0 aromatic carbocycles. The largest absolute Gasteiger partial charge is 0.345 e. The van der Waals surface area contributed by atoms with Gasteiger partial charge in [-0.1, -0.05) is 0 Å². The van der Waals surface area contributed by atoms with Gasteiger partial charge in [0.1, 0.15) is 0 Å². The van der Waals surface area contributed by atoms with Gasteiger partial charge >= 0.3 is 5.29 Å². The van der Waals surface area contributed by atoms with Crippen LogP contribution in [-0.2, 0) is 0 Å². The normalized spacial score (nSPS) is 11.8. The van der Waals surface area contributed by atoms with Crippen molar-refractivity contribution in [2.75, 3.05) is 0 Å². The molecule has 0 radical (unpaired) electrons. The molecule has 3 heteroatoms. The second-order valence-electron chi connectivity index (χ2n) is 5.46. The molecule has 2 nitrogen and oxygen atoms in total. The van der Waals surface area contributed by atoms with E-state index in [0.717, 1.165) is 5.29 Å². The quantitative estimate of drug-likeness (QED) is 0.319. The Morgan fingerprint density at radius 1 is 0.812 bits per heavy atom. The Hall–Kier alpha value is -0.240. The standard InChI is InChI=1S/C13H28ClN2/c1-9(2)15(10(3)4)13(14)16(11(5)6)12(7)8/h9-12H,1-8H3/q+1. The fourth-order valence-electron chi connectivity index (χ4n) is 2.18. The fraction of sp³-hybridized carbons (Fsp3) is 0.923. The van der Waals surface area contributed by atoms with E-state index in [1.165, 1.54) is 0 Å². The third kappa shape index (κ3) is 3.97. The minimum atomic E-state index is 0.424. The highest BCUT2D eigenvalue weighted by Crippen LogP contribution is 2.12. The van der Waals surface area contributed by atoms with Crippen molar-refractivity contribution in [1.29, 1.82) is 0 Å². The Balaban J connectivity index is 5.34. The zero-order valence-electron chi connectivity index (χ0n) is 12.1. The van der Waals surface area contributed by atoms with Gasteiger partial charge in [0, 0.05) is 11.6 Å². The minimum Gasteiger partial charge on any atom is -0.247 e. The summed E-state index contributed by atoms with van der Waals surface area (Å²) < 4.78 is 2.27. The molecule has 0 aliphatic heterocycles. The Morgan fingerprint density at radius 3 is 1.31 bits per heavy atom. The lowest BCUT2D eigenvalue weighted by Crippen LogP contribution is -2.46. The van der Waals surface area contributed by atoms with E-state index in [4.69, 9.17) is 11.6 Å². The van der Waals surface area contributed by atoms with Gasteiger partial charge in [0.15, 0.2) is 0 Å². The molecule has 0 rings (SSSR count). The van der Waals surface area contributed by atoms with Crippen LogP contribution in [-0.4, -0.2) is 38.9 Å². The molecular weight excluding hydrogens is 220 g/mol. The van der Waals surface area contributed by atoms with Gasteiger partial charge in [0.05, 0.1) is 24.2 Å². The van der Waals surface area contributed by atoms with Crippen molar-refractivity contribution >= 4 is 16.9 Å². The smallest absolute Gasteiger partial charge is 0.247 e. The summed E-state index contributed by atoms with van der Waals surface area (Å²) in [6.45, 7) is 17.5. The highest BCUT2D eigenvalue weighted by molar-refractivity contribution is 6.63. The van der Waals surface area contributed by atoms with Gasteiger partial charge in [0.25, 0.3) is 0 Å². The molecule has 0 unspecified atom stereocenters. The molecule has 0 fully saturated rings. The van der Waals surface area contributed by atoms with Crippen LogP contribution in [0.2, 0.25) is 0 Å². The predicted molar refractivity (Wildman–Crippen MR) is 73.5 cm³/mol. The summed E-state index contributed by atoms with van der Waals surface area (Å²) in [5, 5.41) is 0.870. The van der Waals surface area contributed by atoms with Crippen molar-refractivity contribution in [2.24, 2.45) is 0 Å². The zero-order valence-corrected chi connectivity index (χ0v) is 12.8. The summed E-state index contributed by atoms with van der Waals surface area (Å²) in [6, 6.07) is 1.69. The van der Waals surface area contributed by atoms with Crippen LogP contribution < -0.4 is 0 Å². The molecular formula is C13H28ClN2+. The van der Waals surface area contributed by atoms with E-state index in [1.54, 1.807) is 0 Å². The molecule has 0 amide bonds. The van der Waals surface area contributed by atoms with Gasteiger partial charge in [-0.2, -0.15) is 0 Å². The second kappa shape index (κ2) is 6.48. The first-order chi connectivity index (χ1) is 7.20. The van der Waals surface area contributed by atoms with Gasteiger partial charge in [-0.25, -0.2) is 9.48 Å². The molecule has 0 aromatic heterocycles. The van der Waals surface area contributed by atoms with Crippen molar-refractivity contribution in [1.82, 2.24) is 4.90 Å². The fourth-order valence-corrected chi connectivity index (χ4v) is 2.96. The average molecular weight is 248 g/mol. The maximum Gasteiger partial charge on any atom is 0.345 e. The Labute approximate surface area is 106 Å². The highest BCUT2D eigenvalue weighted by atomic mass is 35.5. The van der Waals surface area contributed by atoms with Crippen molar-refractivity contribution in [3.8, 4) is 0 Å². The van der Waals surface area contributed by atoms with Gasteiger partial charge in [0.2, 0.25) is 0 Å². The first kappa shape index (κ1) is 15.8. The van der Waals surface area contributed by atoms with E-state index in [1.807, 2.05) is 0 Å². The molecule has 0 aliphatic carbocycles. The number of hydrogen-bond donors (Lipinski definition) is 0. The molecule has 0 bridgehead atoms. The number of hydrogen-bond acceptors (Lipinski definition) is 0. The molecule has 0 saturated heterocycles. The number of rotatable bonds is 4. The Morgan fingerprint density at radius 2 is 1.12 bits per heavy atom. The first-order valence-electron chi connectivity index (χ1n) is 6.29. The van der Waals surface area contributed by atoms with E-state index >= 15 is 0 Å². The molecule has 0 saturated carbocycles. The summed E-state index contributed by atoms with van der Waals surface area (Å²) >= 11 is 6.56. The lowest BCUT2D eigenvalue weighted by atomic mass is 10.2. The highest BCUT2D eigenvalue weighted by Gasteiger charge is 2.29. The van der Waals surface area contributed by atoms with E-state index in [2.05, 4.69) is 64.9 Å². The molecule has 0 aliphatic rings. The van der Waals surface area contributed by atoms with Gasteiger partial charge in [-0.05, 0) is 55.4 Å². The van der Waals surface area contributed by atoms with E-state index < -0.39 is 0 Å². The van der Waals surface area contributed by atoms with Crippen molar-refractivity contribution in [3.05, 3.63) is 0 Å². The van der Waals surface area contributed by atoms with Gasteiger partial charge in [-0.3, -0.25) is 0 Å². The second-order valence-corrected chi connectivity index (χ2v) is 5.80. The van der Waals surface area contributed by atoms with E-state index in [9.17, 15) is 0 Å². The van der Waals surface area contributed by atoms with Crippen LogP contribution in [0.15, 0.2) is 0 Å². The van der Waals surface area contributed by atoms with Crippen molar-refractivity contribution in [2.45, 2.75) is 79.6 Å². The number of halogens is 1. The minimum absolute atomic E-state index is 0.424. The molecule has 96 valence electrons. The molecule has 0 N–H and O–H groups in total. The molecule has 0 heterocycles. The van der Waals surface area contributed by atoms with Crippen molar-refractivity contribution < 1.29 is 4.58 Å². The summed E-state index contributed by atoms with van der Waals surface area (Å²) in [7, 11) is 0. The zero-order chi connectivity index (χ0) is 13.0. The van der Waals surface area contributed by atoms with E-state index in [0.29, 0.717) is 24.2 Å². The number of nitrogens with zero attached hydrogens (tertiary/aromatic N) is 2. The third-order valence-corrected chi connectivity index (χ3v) is 3.04. The molecule has 16 heavy (non-hydrogen) atoms. The van der Waals surface area contributed by atoms with Crippen LogP contribution in [0.25, 0.3) is 0 Å². The lowest BCUT2D eigenvalue weighted by Gasteiger charge is -2.28. The maximum atomic E-state index is 6.56.